The molecule has 0 saturated heterocycles. The number of Topliss-reactive ketones (excluding diaryl/α,β-unsaturated/α-hetero) is 1. The smallest absolute Gasteiger partial charge is 0.316 e. The summed E-state index contributed by atoms with van der Waals surface area (Å²) in [6.45, 7) is 7.53. The fourth-order valence-electron chi connectivity index (χ4n) is 2.79. The van der Waals surface area contributed by atoms with Gasteiger partial charge in [0.25, 0.3) is 0 Å². The van der Waals surface area contributed by atoms with Gasteiger partial charge in [0.2, 0.25) is 11.7 Å². The molecule has 0 unspecified atom stereocenters. The molecule has 0 heterocycles. The van der Waals surface area contributed by atoms with Gasteiger partial charge in [0, 0.05) is 11.3 Å². The molecular weight excluding hydrogens is 386 g/mol. The number of anilines is 1. The molecule has 2 rings (SSSR count). The van der Waals surface area contributed by atoms with Crippen LogP contribution in [0.4, 0.5) is 5.69 Å². The van der Waals surface area contributed by atoms with Crippen molar-refractivity contribution in [3.05, 3.63) is 64.7 Å². The van der Waals surface area contributed by atoms with Gasteiger partial charge in [-0.05, 0) is 44.4 Å². The Kier molecular flexibility index (Phi) is 8.46. The van der Waals surface area contributed by atoms with Crippen molar-refractivity contribution in [2.24, 2.45) is 0 Å². The number of ketones is 1. The Hall–Kier alpha value is -2.60. The Balaban J connectivity index is 1.75. The summed E-state index contributed by atoms with van der Waals surface area (Å²) >= 11 is 1.15. The maximum atomic E-state index is 12.4. The first-order valence-electron chi connectivity index (χ1n) is 9.57. The molecule has 1 amide bonds. The lowest BCUT2D eigenvalue weighted by Crippen LogP contribution is -2.25. The average molecular weight is 414 g/mol. The van der Waals surface area contributed by atoms with Crippen molar-refractivity contribution >= 4 is 35.1 Å². The molecule has 2 aromatic rings. The Labute approximate surface area is 176 Å². The van der Waals surface area contributed by atoms with E-state index in [9.17, 15) is 14.4 Å². The number of carbonyl (C=O) groups excluding carboxylic acids is 3. The maximum Gasteiger partial charge on any atom is 0.316 e. The number of benzene rings is 2. The first-order valence-corrected chi connectivity index (χ1v) is 10.7. The number of ether oxygens (including phenoxy) is 1. The second-order valence-corrected chi connectivity index (χ2v) is 7.89. The van der Waals surface area contributed by atoms with Crippen LogP contribution in [0.15, 0.2) is 42.5 Å². The summed E-state index contributed by atoms with van der Waals surface area (Å²) in [5.74, 6) is -0.801. The SMILES string of the molecule is CCc1ccc(C(=O)[C@@H](C)OC(=O)CSCC(=O)Nc2ccc(C)cc2C)cc1. The third-order valence-corrected chi connectivity index (χ3v) is 5.34. The summed E-state index contributed by atoms with van der Waals surface area (Å²) < 4.78 is 5.21. The summed E-state index contributed by atoms with van der Waals surface area (Å²) in [4.78, 5) is 36.4. The topological polar surface area (TPSA) is 72.5 Å². The number of hydrogen-bond acceptors (Lipinski definition) is 5. The molecule has 0 aliphatic rings. The van der Waals surface area contributed by atoms with E-state index in [0.29, 0.717) is 5.56 Å². The molecule has 0 bridgehead atoms. The van der Waals surface area contributed by atoms with E-state index in [1.807, 2.05) is 51.1 Å². The van der Waals surface area contributed by atoms with E-state index in [-0.39, 0.29) is 23.2 Å². The summed E-state index contributed by atoms with van der Waals surface area (Å²) in [5, 5.41) is 2.83. The van der Waals surface area contributed by atoms with Gasteiger partial charge in [-0.3, -0.25) is 14.4 Å². The number of amides is 1. The van der Waals surface area contributed by atoms with Gasteiger partial charge in [-0.1, -0.05) is 48.9 Å². The van der Waals surface area contributed by atoms with Crippen LogP contribution in [-0.2, 0) is 20.7 Å². The lowest BCUT2D eigenvalue weighted by molar-refractivity contribution is -0.143. The minimum Gasteiger partial charge on any atom is -0.454 e. The van der Waals surface area contributed by atoms with Crippen molar-refractivity contribution in [1.29, 1.82) is 0 Å². The summed E-state index contributed by atoms with van der Waals surface area (Å²) in [6.07, 6.45) is 0.0347. The predicted molar refractivity (Wildman–Crippen MR) is 118 cm³/mol. The van der Waals surface area contributed by atoms with E-state index in [1.165, 1.54) is 0 Å². The molecule has 154 valence electrons. The highest BCUT2D eigenvalue weighted by atomic mass is 32.2. The first-order chi connectivity index (χ1) is 13.8. The van der Waals surface area contributed by atoms with E-state index >= 15 is 0 Å². The van der Waals surface area contributed by atoms with E-state index in [1.54, 1.807) is 19.1 Å². The van der Waals surface area contributed by atoms with Gasteiger partial charge in [0.15, 0.2) is 6.10 Å². The van der Waals surface area contributed by atoms with E-state index in [4.69, 9.17) is 4.74 Å². The van der Waals surface area contributed by atoms with Crippen molar-refractivity contribution in [3.8, 4) is 0 Å². The zero-order chi connectivity index (χ0) is 21.4. The molecule has 5 nitrogen and oxygen atoms in total. The van der Waals surface area contributed by atoms with Crippen LogP contribution in [-0.4, -0.2) is 35.3 Å². The highest BCUT2D eigenvalue weighted by Crippen LogP contribution is 2.16. The Morgan fingerprint density at radius 1 is 1.03 bits per heavy atom. The van der Waals surface area contributed by atoms with Crippen molar-refractivity contribution in [2.75, 3.05) is 16.8 Å². The van der Waals surface area contributed by atoms with Crippen LogP contribution in [0, 0.1) is 13.8 Å². The molecule has 0 aliphatic carbocycles. The molecule has 0 aliphatic heterocycles. The average Bonchev–Trinajstić information content (AvgIpc) is 2.69. The lowest BCUT2D eigenvalue weighted by atomic mass is 10.0. The first kappa shape index (κ1) is 22.7. The minimum atomic E-state index is -0.861. The van der Waals surface area contributed by atoms with Crippen molar-refractivity contribution < 1.29 is 19.1 Å². The van der Waals surface area contributed by atoms with Crippen LogP contribution in [0.1, 0.15) is 40.9 Å². The zero-order valence-electron chi connectivity index (χ0n) is 17.3. The molecule has 2 aromatic carbocycles. The maximum absolute atomic E-state index is 12.4. The molecule has 0 aromatic heterocycles. The monoisotopic (exact) mass is 413 g/mol. The van der Waals surface area contributed by atoms with Crippen molar-refractivity contribution in [2.45, 2.75) is 40.2 Å². The van der Waals surface area contributed by atoms with E-state index in [2.05, 4.69) is 5.32 Å². The molecule has 0 spiro atoms. The highest BCUT2D eigenvalue weighted by Gasteiger charge is 2.19. The minimum absolute atomic E-state index is 0.00664. The third-order valence-electron chi connectivity index (χ3n) is 4.43. The molecule has 1 atom stereocenters. The van der Waals surface area contributed by atoms with Gasteiger partial charge < -0.3 is 10.1 Å². The second-order valence-electron chi connectivity index (χ2n) is 6.91. The van der Waals surface area contributed by atoms with E-state index in [0.717, 1.165) is 40.6 Å². The van der Waals surface area contributed by atoms with Crippen LogP contribution < -0.4 is 5.32 Å². The Morgan fingerprint density at radius 3 is 2.34 bits per heavy atom. The molecule has 1 N–H and O–H groups in total. The summed E-state index contributed by atoms with van der Waals surface area (Å²) in [5.41, 5.74) is 4.53. The van der Waals surface area contributed by atoms with Crippen molar-refractivity contribution in [3.63, 3.8) is 0 Å². The number of thioether (sulfide) groups is 1. The lowest BCUT2D eigenvalue weighted by Gasteiger charge is -2.13. The van der Waals surface area contributed by atoms with Crippen LogP contribution in [0.2, 0.25) is 0 Å². The largest absolute Gasteiger partial charge is 0.454 e. The van der Waals surface area contributed by atoms with Crippen LogP contribution in [0.5, 0.6) is 0 Å². The van der Waals surface area contributed by atoms with Gasteiger partial charge in [-0.15, -0.1) is 11.8 Å². The number of carbonyl (C=O) groups is 3. The predicted octanol–water partition coefficient (Wildman–Crippen LogP) is 4.35. The highest BCUT2D eigenvalue weighted by molar-refractivity contribution is 8.00. The number of hydrogen-bond donors (Lipinski definition) is 1. The Bertz CT molecular complexity index is 877. The molecule has 6 heteroatoms. The molecule has 0 radical (unpaired) electrons. The molecule has 0 fully saturated rings. The summed E-state index contributed by atoms with van der Waals surface area (Å²) in [7, 11) is 0. The standard InChI is InChI=1S/C23H27NO4S/c1-5-18-7-9-19(10-8-18)23(27)17(4)28-22(26)14-29-13-21(25)24-20-11-6-15(2)12-16(20)3/h6-12,17H,5,13-14H2,1-4H3,(H,24,25)/t17-/m1/s1. The molecule has 0 saturated carbocycles. The van der Waals surface area contributed by atoms with Crippen LogP contribution >= 0.6 is 11.8 Å². The second kappa shape index (κ2) is 10.8. The van der Waals surface area contributed by atoms with E-state index < -0.39 is 12.1 Å². The third kappa shape index (κ3) is 7.06. The van der Waals surface area contributed by atoms with Gasteiger partial charge in [0.1, 0.15) is 0 Å². The van der Waals surface area contributed by atoms with Gasteiger partial charge >= 0.3 is 5.97 Å². The molecule has 29 heavy (non-hydrogen) atoms. The number of aryl methyl sites for hydroxylation is 3. The number of esters is 1. The van der Waals surface area contributed by atoms with Crippen LogP contribution in [0.25, 0.3) is 0 Å². The normalized spacial score (nSPS) is 11.6. The fraction of sp³-hybridized carbons (Fsp3) is 0.348. The van der Waals surface area contributed by atoms with Crippen molar-refractivity contribution in [1.82, 2.24) is 0 Å². The number of nitrogens with one attached hydrogen (secondary N) is 1. The summed E-state index contributed by atoms with van der Waals surface area (Å²) in [6, 6.07) is 13.1. The van der Waals surface area contributed by atoms with Gasteiger partial charge in [-0.25, -0.2) is 0 Å². The molecular formula is C23H27NO4S. The fourth-order valence-corrected chi connectivity index (χ4v) is 3.39. The quantitative estimate of drug-likeness (QED) is 0.489. The zero-order valence-corrected chi connectivity index (χ0v) is 18.1. The van der Waals surface area contributed by atoms with Crippen LogP contribution in [0.3, 0.4) is 0 Å². The van der Waals surface area contributed by atoms with Gasteiger partial charge in [-0.2, -0.15) is 0 Å². The van der Waals surface area contributed by atoms with Gasteiger partial charge in [0.05, 0.1) is 11.5 Å². The Morgan fingerprint density at radius 2 is 1.72 bits per heavy atom. The number of rotatable bonds is 9.